The summed E-state index contributed by atoms with van der Waals surface area (Å²) in [6.07, 6.45) is 6.96. The van der Waals surface area contributed by atoms with Gasteiger partial charge >= 0.3 is 0 Å². The molecule has 26 heavy (non-hydrogen) atoms. The second-order valence-electron chi connectivity index (χ2n) is 5.87. The summed E-state index contributed by atoms with van der Waals surface area (Å²) in [4.78, 5) is 28.2. The molecule has 2 N–H and O–H groups in total. The number of carbonyl (C=O) groups is 2. The minimum absolute atomic E-state index is 0.118. The largest absolute Gasteiger partial charge is 0.326 e. The van der Waals surface area contributed by atoms with Gasteiger partial charge < -0.3 is 10.6 Å². The van der Waals surface area contributed by atoms with Gasteiger partial charge in [0.05, 0.1) is 6.42 Å². The summed E-state index contributed by atoms with van der Waals surface area (Å²) < 4.78 is 1.55. The number of anilines is 2. The number of hydrogen-bond donors (Lipinski definition) is 2. The molecule has 0 atom stereocenters. The summed E-state index contributed by atoms with van der Waals surface area (Å²) in [5.74, 6) is -0.280. The van der Waals surface area contributed by atoms with Crippen LogP contribution in [0, 0.1) is 6.92 Å². The molecule has 0 aliphatic carbocycles. The number of aromatic nitrogens is 3. The molecule has 3 rings (SSSR count). The van der Waals surface area contributed by atoms with Gasteiger partial charge in [0.2, 0.25) is 11.8 Å². The number of benzene rings is 1. The van der Waals surface area contributed by atoms with E-state index in [1.807, 2.05) is 19.1 Å². The summed E-state index contributed by atoms with van der Waals surface area (Å²) in [7, 11) is 0. The molecule has 0 fully saturated rings. The maximum Gasteiger partial charge on any atom is 0.246 e. The van der Waals surface area contributed by atoms with Crippen molar-refractivity contribution in [2.75, 3.05) is 10.6 Å². The number of nitrogens with one attached hydrogen (secondary N) is 2. The Morgan fingerprint density at radius 2 is 1.96 bits per heavy atom. The summed E-state index contributed by atoms with van der Waals surface area (Å²) in [5.41, 5.74) is 3.09. The molecule has 0 bridgehead atoms. The van der Waals surface area contributed by atoms with E-state index in [1.165, 1.54) is 0 Å². The smallest absolute Gasteiger partial charge is 0.246 e. The van der Waals surface area contributed by atoms with E-state index >= 15 is 0 Å². The Hall–Kier alpha value is -3.48. The van der Waals surface area contributed by atoms with E-state index in [1.54, 1.807) is 53.7 Å². The molecule has 7 nitrogen and oxygen atoms in total. The van der Waals surface area contributed by atoms with E-state index in [0.717, 1.165) is 11.1 Å². The first kappa shape index (κ1) is 17.3. The standard InChI is InChI=1S/C19H19N5O2/c1-14-10-16(22-18(25)11-15-4-2-7-20-12-15)5-6-17(14)23-19(26)13-24-9-3-8-21-24/h2-10,12H,11,13H2,1H3,(H,22,25)(H,23,26). The normalized spacial score (nSPS) is 10.3. The highest BCUT2D eigenvalue weighted by molar-refractivity contribution is 5.94. The highest BCUT2D eigenvalue weighted by atomic mass is 16.2. The van der Waals surface area contributed by atoms with Crippen LogP contribution in [-0.4, -0.2) is 26.6 Å². The third-order valence-electron chi connectivity index (χ3n) is 3.74. The number of amides is 2. The Labute approximate surface area is 151 Å². The van der Waals surface area contributed by atoms with Gasteiger partial charge in [0.1, 0.15) is 6.54 Å². The molecule has 0 aliphatic rings. The Kier molecular flexibility index (Phi) is 5.38. The first-order chi connectivity index (χ1) is 12.6. The topological polar surface area (TPSA) is 88.9 Å². The molecule has 0 saturated heterocycles. The fourth-order valence-corrected chi connectivity index (χ4v) is 2.51. The second kappa shape index (κ2) is 8.06. The van der Waals surface area contributed by atoms with E-state index in [9.17, 15) is 9.59 Å². The molecule has 2 heterocycles. The summed E-state index contributed by atoms with van der Waals surface area (Å²) in [6.45, 7) is 2.02. The molecule has 2 amide bonds. The van der Waals surface area contributed by atoms with Crippen LogP contribution in [0.2, 0.25) is 0 Å². The van der Waals surface area contributed by atoms with Gasteiger partial charge in [0.15, 0.2) is 0 Å². The third-order valence-corrected chi connectivity index (χ3v) is 3.74. The fraction of sp³-hybridized carbons (Fsp3) is 0.158. The van der Waals surface area contributed by atoms with E-state index in [4.69, 9.17) is 0 Å². The number of pyridine rings is 1. The van der Waals surface area contributed by atoms with Crippen molar-refractivity contribution in [1.29, 1.82) is 0 Å². The average molecular weight is 349 g/mol. The van der Waals surface area contributed by atoms with Gasteiger partial charge in [-0.2, -0.15) is 5.10 Å². The number of rotatable bonds is 6. The van der Waals surface area contributed by atoms with Gasteiger partial charge in [-0.3, -0.25) is 19.3 Å². The average Bonchev–Trinajstić information content (AvgIpc) is 3.11. The lowest BCUT2D eigenvalue weighted by Crippen LogP contribution is -2.19. The fourth-order valence-electron chi connectivity index (χ4n) is 2.51. The van der Waals surface area contributed by atoms with Crippen molar-refractivity contribution in [3.8, 4) is 0 Å². The summed E-state index contributed by atoms with van der Waals surface area (Å²) in [6, 6.07) is 10.8. The maximum atomic E-state index is 12.1. The van der Waals surface area contributed by atoms with Crippen molar-refractivity contribution < 1.29 is 9.59 Å². The van der Waals surface area contributed by atoms with Gasteiger partial charge in [0.25, 0.3) is 0 Å². The van der Waals surface area contributed by atoms with E-state index < -0.39 is 0 Å². The predicted octanol–water partition coefficient (Wildman–Crippen LogP) is 2.41. The molecule has 0 aliphatic heterocycles. The lowest BCUT2D eigenvalue weighted by atomic mass is 10.1. The van der Waals surface area contributed by atoms with Crippen LogP contribution in [-0.2, 0) is 22.6 Å². The van der Waals surface area contributed by atoms with Crippen molar-refractivity contribution in [3.63, 3.8) is 0 Å². The molecular formula is C19H19N5O2. The second-order valence-corrected chi connectivity index (χ2v) is 5.87. The van der Waals surface area contributed by atoms with Gasteiger partial charge in [-0.05, 0) is 48.4 Å². The predicted molar refractivity (Wildman–Crippen MR) is 98.6 cm³/mol. The van der Waals surface area contributed by atoms with Crippen LogP contribution in [0.4, 0.5) is 11.4 Å². The quantitative estimate of drug-likeness (QED) is 0.715. The van der Waals surface area contributed by atoms with Crippen LogP contribution in [0.25, 0.3) is 0 Å². The SMILES string of the molecule is Cc1cc(NC(=O)Cc2cccnc2)ccc1NC(=O)Cn1cccn1. The van der Waals surface area contributed by atoms with Gasteiger partial charge in [0, 0.05) is 36.2 Å². The molecule has 3 aromatic rings. The molecule has 7 heteroatoms. The number of hydrogen-bond acceptors (Lipinski definition) is 4. The van der Waals surface area contributed by atoms with Crippen molar-refractivity contribution >= 4 is 23.2 Å². The molecule has 0 spiro atoms. The Morgan fingerprint density at radius 1 is 1.08 bits per heavy atom. The first-order valence-corrected chi connectivity index (χ1v) is 8.17. The monoisotopic (exact) mass is 349 g/mol. The molecule has 0 radical (unpaired) electrons. The Balaban J connectivity index is 1.58. The van der Waals surface area contributed by atoms with Crippen LogP contribution in [0.5, 0.6) is 0 Å². The molecule has 132 valence electrons. The number of carbonyl (C=O) groups excluding carboxylic acids is 2. The lowest BCUT2D eigenvalue weighted by molar-refractivity contribution is -0.117. The van der Waals surface area contributed by atoms with Crippen LogP contribution in [0.1, 0.15) is 11.1 Å². The maximum absolute atomic E-state index is 12.1. The Bertz CT molecular complexity index is 892. The molecular weight excluding hydrogens is 330 g/mol. The van der Waals surface area contributed by atoms with Gasteiger partial charge in [-0.1, -0.05) is 6.07 Å². The Morgan fingerprint density at radius 3 is 2.65 bits per heavy atom. The van der Waals surface area contributed by atoms with Crippen LogP contribution in [0.3, 0.4) is 0 Å². The molecule has 0 saturated carbocycles. The number of nitrogens with zero attached hydrogens (tertiary/aromatic N) is 3. The zero-order chi connectivity index (χ0) is 18.4. The molecule has 2 aromatic heterocycles. The molecule has 0 unspecified atom stereocenters. The highest BCUT2D eigenvalue weighted by Crippen LogP contribution is 2.20. The summed E-state index contributed by atoms with van der Waals surface area (Å²) in [5, 5.41) is 9.71. The third kappa shape index (κ3) is 4.76. The zero-order valence-electron chi connectivity index (χ0n) is 14.3. The van der Waals surface area contributed by atoms with Crippen LogP contribution < -0.4 is 10.6 Å². The lowest BCUT2D eigenvalue weighted by Gasteiger charge is -2.11. The van der Waals surface area contributed by atoms with Crippen molar-refractivity contribution in [2.45, 2.75) is 19.9 Å². The zero-order valence-corrected chi connectivity index (χ0v) is 14.3. The van der Waals surface area contributed by atoms with E-state index in [0.29, 0.717) is 11.4 Å². The van der Waals surface area contributed by atoms with Gasteiger partial charge in [-0.15, -0.1) is 0 Å². The van der Waals surface area contributed by atoms with Crippen LogP contribution in [0.15, 0.2) is 61.2 Å². The minimum atomic E-state index is -0.162. The summed E-state index contributed by atoms with van der Waals surface area (Å²) >= 11 is 0. The van der Waals surface area contributed by atoms with E-state index in [2.05, 4.69) is 20.7 Å². The van der Waals surface area contributed by atoms with Crippen LogP contribution >= 0.6 is 0 Å². The van der Waals surface area contributed by atoms with E-state index in [-0.39, 0.29) is 24.8 Å². The first-order valence-electron chi connectivity index (χ1n) is 8.17. The minimum Gasteiger partial charge on any atom is -0.326 e. The molecule has 1 aromatic carbocycles. The van der Waals surface area contributed by atoms with Gasteiger partial charge in [-0.25, -0.2) is 0 Å². The van der Waals surface area contributed by atoms with Crippen molar-refractivity contribution in [3.05, 3.63) is 72.3 Å². The van der Waals surface area contributed by atoms with Crippen molar-refractivity contribution in [2.24, 2.45) is 0 Å². The van der Waals surface area contributed by atoms with Crippen molar-refractivity contribution in [1.82, 2.24) is 14.8 Å². The highest BCUT2D eigenvalue weighted by Gasteiger charge is 2.08. The number of aryl methyl sites for hydroxylation is 1.